The molecule has 6 nitrogen and oxygen atoms in total. The van der Waals surface area contributed by atoms with Gasteiger partial charge in [0, 0.05) is 10.9 Å². The highest BCUT2D eigenvalue weighted by molar-refractivity contribution is 7.14. The van der Waals surface area contributed by atoms with Crippen molar-refractivity contribution >= 4 is 40.7 Å². The number of thiazole rings is 1. The van der Waals surface area contributed by atoms with E-state index in [0.717, 1.165) is 24.1 Å². The number of rotatable bonds is 6. The Bertz CT molecular complexity index is 822. The third-order valence-electron chi connectivity index (χ3n) is 4.59. The number of nitrogens with two attached hydrogens (primary N) is 1. The van der Waals surface area contributed by atoms with Gasteiger partial charge < -0.3 is 16.4 Å². The number of hydrogen-bond donors (Lipinski definition) is 3. The van der Waals surface area contributed by atoms with Crippen molar-refractivity contribution in [3.8, 4) is 11.3 Å². The molecule has 8 heteroatoms. The fourth-order valence-corrected chi connectivity index (χ4v) is 3.68. The zero-order valence-electron chi connectivity index (χ0n) is 15.5. The molecule has 1 aromatic heterocycles. The molecule has 0 aliphatic heterocycles. The number of fused-ring (bicyclic) bond motifs is 1. The number of carbonyl (C=O) groups excluding carboxylic acids is 2. The van der Waals surface area contributed by atoms with E-state index in [-0.39, 0.29) is 36.7 Å². The third kappa shape index (κ3) is 5.28. The number of aryl methyl sites for hydroxylation is 2. The summed E-state index contributed by atoms with van der Waals surface area (Å²) in [6.07, 6.45) is 3.48. The zero-order valence-corrected chi connectivity index (χ0v) is 17.1. The zero-order chi connectivity index (χ0) is 18.7. The molecule has 0 spiro atoms. The molecule has 0 bridgehead atoms. The number of amides is 2. The number of hydrogen-bond acceptors (Lipinski definition) is 5. The van der Waals surface area contributed by atoms with Gasteiger partial charge in [-0.2, -0.15) is 0 Å². The summed E-state index contributed by atoms with van der Waals surface area (Å²) in [5.41, 5.74) is 10.5. The first-order valence-corrected chi connectivity index (χ1v) is 9.73. The van der Waals surface area contributed by atoms with Crippen molar-refractivity contribution in [3.63, 3.8) is 0 Å². The second-order valence-electron chi connectivity index (χ2n) is 6.91. The van der Waals surface area contributed by atoms with Crippen molar-refractivity contribution in [1.29, 1.82) is 0 Å². The van der Waals surface area contributed by atoms with Crippen LogP contribution in [-0.4, -0.2) is 29.4 Å². The molecule has 146 valence electrons. The summed E-state index contributed by atoms with van der Waals surface area (Å²) in [7, 11) is 0. The summed E-state index contributed by atoms with van der Waals surface area (Å²) in [5, 5.41) is 7.72. The number of carbonyl (C=O) groups is 2. The molecule has 1 heterocycles. The molecule has 4 N–H and O–H groups in total. The Balaban J connectivity index is 0.00000261. The van der Waals surface area contributed by atoms with Crippen LogP contribution in [0, 0.1) is 5.92 Å². The minimum Gasteiger partial charge on any atom is -0.346 e. The smallest absolute Gasteiger partial charge is 0.245 e. The highest BCUT2D eigenvalue weighted by Gasteiger charge is 2.18. The Kier molecular flexibility index (Phi) is 7.35. The van der Waals surface area contributed by atoms with Crippen LogP contribution in [0.4, 0.5) is 5.13 Å². The number of aromatic nitrogens is 1. The van der Waals surface area contributed by atoms with Gasteiger partial charge in [0.05, 0.1) is 18.3 Å². The average Bonchev–Trinajstić information content (AvgIpc) is 3.27. The van der Waals surface area contributed by atoms with Crippen molar-refractivity contribution in [2.45, 2.75) is 39.2 Å². The molecule has 0 saturated heterocycles. The second-order valence-corrected chi connectivity index (χ2v) is 7.77. The van der Waals surface area contributed by atoms with Crippen molar-refractivity contribution in [2.24, 2.45) is 11.7 Å². The van der Waals surface area contributed by atoms with Gasteiger partial charge in [-0.15, -0.1) is 23.7 Å². The van der Waals surface area contributed by atoms with Crippen LogP contribution in [0.15, 0.2) is 23.6 Å². The van der Waals surface area contributed by atoms with Crippen LogP contribution in [0.5, 0.6) is 0 Å². The Morgan fingerprint density at radius 1 is 1.26 bits per heavy atom. The topological polar surface area (TPSA) is 97.1 Å². The lowest BCUT2D eigenvalue weighted by atomic mass is 10.1. The monoisotopic (exact) mass is 408 g/mol. The number of nitrogens with zero attached hydrogens (tertiary/aromatic N) is 1. The first-order chi connectivity index (χ1) is 12.4. The second kappa shape index (κ2) is 9.30. The van der Waals surface area contributed by atoms with Crippen molar-refractivity contribution in [3.05, 3.63) is 34.7 Å². The molecular formula is C19H25ClN4O2S. The third-order valence-corrected chi connectivity index (χ3v) is 5.35. The van der Waals surface area contributed by atoms with E-state index in [9.17, 15) is 9.59 Å². The van der Waals surface area contributed by atoms with E-state index >= 15 is 0 Å². The lowest BCUT2D eigenvalue weighted by Crippen LogP contribution is -2.46. The summed E-state index contributed by atoms with van der Waals surface area (Å²) in [6, 6.07) is 5.83. The van der Waals surface area contributed by atoms with Crippen LogP contribution in [0.3, 0.4) is 0 Å². The molecule has 2 aromatic rings. The van der Waals surface area contributed by atoms with Crippen LogP contribution >= 0.6 is 23.7 Å². The van der Waals surface area contributed by atoms with E-state index in [0.29, 0.717) is 5.13 Å². The maximum atomic E-state index is 12.0. The van der Waals surface area contributed by atoms with Gasteiger partial charge in [0.2, 0.25) is 11.8 Å². The van der Waals surface area contributed by atoms with Crippen LogP contribution in [0.2, 0.25) is 0 Å². The van der Waals surface area contributed by atoms with Gasteiger partial charge in [0.1, 0.15) is 0 Å². The molecule has 3 rings (SSSR count). The molecule has 0 saturated carbocycles. The number of halogens is 1. The molecule has 1 atom stereocenters. The molecule has 0 radical (unpaired) electrons. The van der Waals surface area contributed by atoms with Crippen LogP contribution in [-0.2, 0) is 22.4 Å². The Morgan fingerprint density at radius 2 is 2.00 bits per heavy atom. The van der Waals surface area contributed by atoms with E-state index in [4.69, 9.17) is 5.73 Å². The molecule has 0 fully saturated rings. The fourth-order valence-electron chi connectivity index (χ4n) is 2.95. The van der Waals surface area contributed by atoms with E-state index in [1.165, 1.54) is 28.9 Å². The van der Waals surface area contributed by atoms with Gasteiger partial charge in [0.15, 0.2) is 5.13 Å². The molecule has 2 amide bonds. The van der Waals surface area contributed by atoms with Crippen molar-refractivity contribution in [2.75, 3.05) is 11.9 Å². The van der Waals surface area contributed by atoms with E-state index in [2.05, 4.69) is 33.8 Å². The Labute approximate surface area is 169 Å². The van der Waals surface area contributed by atoms with Crippen LogP contribution in [0.25, 0.3) is 11.3 Å². The number of anilines is 1. The lowest BCUT2D eigenvalue weighted by Gasteiger charge is -2.14. The predicted octanol–water partition coefficient (Wildman–Crippen LogP) is 2.76. The molecule has 1 aromatic carbocycles. The molecule has 0 unspecified atom stereocenters. The summed E-state index contributed by atoms with van der Waals surface area (Å²) in [6.45, 7) is 3.60. The maximum absolute atomic E-state index is 12.0. The van der Waals surface area contributed by atoms with Gasteiger partial charge in [0.25, 0.3) is 0 Å². The molecule has 27 heavy (non-hydrogen) atoms. The van der Waals surface area contributed by atoms with Gasteiger partial charge >= 0.3 is 0 Å². The number of nitrogens with one attached hydrogen (secondary N) is 2. The SMILES string of the molecule is CC(C)[C@H](N)C(=O)NCC(=O)Nc1nc(-c2ccc3c(c2)CCC3)cs1.Cl. The first kappa shape index (κ1) is 21.3. The van der Waals surface area contributed by atoms with Gasteiger partial charge in [-0.05, 0) is 42.4 Å². The van der Waals surface area contributed by atoms with Gasteiger partial charge in [-0.3, -0.25) is 9.59 Å². The van der Waals surface area contributed by atoms with Gasteiger partial charge in [-0.1, -0.05) is 26.0 Å². The first-order valence-electron chi connectivity index (χ1n) is 8.85. The lowest BCUT2D eigenvalue weighted by molar-refractivity contribution is -0.125. The van der Waals surface area contributed by atoms with Crippen LogP contribution in [0.1, 0.15) is 31.4 Å². The Hall–Kier alpha value is -1.96. The highest BCUT2D eigenvalue weighted by atomic mass is 35.5. The predicted molar refractivity (Wildman–Crippen MR) is 111 cm³/mol. The summed E-state index contributed by atoms with van der Waals surface area (Å²) in [4.78, 5) is 28.3. The minimum absolute atomic E-state index is 0. The summed E-state index contributed by atoms with van der Waals surface area (Å²) >= 11 is 1.37. The minimum atomic E-state index is -0.617. The maximum Gasteiger partial charge on any atom is 0.245 e. The van der Waals surface area contributed by atoms with Gasteiger partial charge in [-0.25, -0.2) is 4.98 Å². The van der Waals surface area contributed by atoms with Crippen molar-refractivity contribution in [1.82, 2.24) is 10.3 Å². The van der Waals surface area contributed by atoms with E-state index < -0.39 is 6.04 Å². The highest BCUT2D eigenvalue weighted by Crippen LogP contribution is 2.30. The Morgan fingerprint density at radius 3 is 2.74 bits per heavy atom. The standard InChI is InChI=1S/C19H24N4O2S.ClH/c1-11(2)17(20)18(25)21-9-16(24)23-19-22-15(10-26-19)14-7-6-12-4-3-5-13(12)8-14;/h6-8,10-11,17H,3-5,9,20H2,1-2H3,(H,21,25)(H,22,23,24);1H/t17-;/m0./s1. The normalized spacial score (nSPS) is 13.6. The largest absolute Gasteiger partial charge is 0.346 e. The van der Waals surface area contributed by atoms with Crippen molar-refractivity contribution < 1.29 is 9.59 Å². The quantitative estimate of drug-likeness (QED) is 0.684. The van der Waals surface area contributed by atoms with Crippen LogP contribution < -0.4 is 16.4 Å². The average molecular weight is 409 g/mol. The van der Waals surface area contributed by atoms with E-state index in [1.54, 1.807) is 0 Å². The van der Waals surface area contributed by atoms with E-state index in [1.807, 2.05) is 19.2 Å². The molecular weight excluding hydrogens is 384 g/mol. The molecule has 1 aliphatic rings. The summed E-state index contributed by atoms with van der Waals surface area (Å²) in [5.74, 6) is -0.621. The number of benzene rings is 1. The summed E-state index contributed by atoms with van der Waals surface area (Å²) < 4.78 is 0. The fraction of sp³-hybridized carbons (Fsp3) is 0.421. The molecule has 1 aliphatic carbocycles.